The van der Waals surface area contributed by atoms with Crippen molar-refractivity contribution in [2.75, 3.05) is 11.4 Å². The standard InChI is InChI=1S/C29H36N2.C7H16/c1-7-30-20(3)31-26-18-22(29(4,5)6)14-16-23(26)27(21-11-9-8-10-12-21)28(31)24-15-13-19(2)17-25(24)30;1-3-5-7-6-4-2/h13-18,21H,3,7-12H2,1-2,4-6H3;3-7H2,1-2H3. The van der Waals surface area contributed by atoms with Crippen molar-refractivity contribution in [2.45, 2.75) is 124 Å². The molecule has 5 rings (SSSR count). The van der Waals surface area contributed by atoms with Gasteiger partial charge in [0.15, 0.2) is 0 Å². The number of anilines is 1. The van der Waals surface area contributed by atoms with E-state index >= 15 is 0 Å². The lowest BCUT2D eigenvalue weighted by Crippen LogP contribution is -2.28. The van der Waals surface area contributed by atoms with Gasteiger partial charge in [0.1, 0.15) is 5.82 Å². The monoisotopic (exact) mass is 512 g/mol. The number of benzene rings is 2. The van der Waals surface area contributed by atoms with E-state index in [2.05, 4.69) is 101 Å². The Hall–Kier alpha value is -2.48. The highest BCUT2D eigenvalue weighted by Gasteiger charge is 2.33. The van der Waals surface area contributed by atoms with Gasteiger partial charge in [-0.15, -0.1) is 0 Å². The molecule has 1 aliphatic heterocycles. The zero-order chi connectivity index (χ0) is 27.4. The van der Waals surface area contributed by atoms with Crippen LogP contribution in [0.5, 0.6) is 0 Å². The number of fused-ring (bicyclic) bond motifs is 5. The van der Waals surface area contributed by atoms with Crippen molar-refractivity contribution < 1.29 is 0 Å². The number of nitrogens with zero attached hydrogens (tertiary/aromatic N) is 2. The molecule has 0 N–H and O–H groups in total. The highest BCUT2D eigenvalue weighted by Crippen LogP contribution is 2.51. The van der Waals surface area contributed by atoms with Crippen LogP contribution in [0, 0.1) is 6.92 Å². The normalized spacial score (nSPS) is 15.8. The Bertz CT molecular complexity index is 1240. The minimum atomic E-state index is 0.124. The van der Waals surface area contributed by atoms with Gasteiger partial charge in [-0.2, -0.15) is 0 Å². The summed E-state index contributed by atoms with van der Waals surface area (Å²) in [7, 11) is 0. The number of hydrogen-bond donors (Lipinski definition) is 0. The number of unbranched alkanes of at least 4 members (excludes halogenated alkanes) is 4. The maximum atomic E-state index is 4.63. The zero-order valence-electron chi connectivity index (χ0n) is 25.4. The van der Waals surface area contributed by atoms with Crippen LogP contribution in [-0.4, -0.2) is 11.1 Å². The van der Waals surface area contributed by atoms with Crippen LogP contribution in [0.1, 0.15) is 128 Å². The van der Waals surface area contributed by atoms with Crippen molar-refractivity contribution in [3.8, 4) is 11.3 Å². The van der Waals surface area contributed by atoms with Crippen LogP contribution in [0.15, 0.2) is 43.0 Å². The molecule has 2 nitrogen and oxygen atoms in total. The molecule has 1 saturated carbocycles. The predicted molar refractivity (Wildman–Crippen MR) is 169 cm³/mol. The molecule has 0 unspecified atom stereocenters. The molecule has 0 bridgehead atoms. The molecule has 2 aliphatic rings. The van der Waals surface area contributed by atoms with Crippen LogP contribution < -0.4 is 4.90 Å². The highest BCUT2D eigenvalue weighted by molar-refractivity contribution is 6.02. The molecule has 3 aromatic rings. The van der Waals surface area contributed by atoms with Crippen LogP contribution in [0.4, 0.5) is 5.69 Å². The van der Waals surface area contributed by atoms with E-state index in [1.54, 1.807) is 5.56 Å². The lowest BCUT2D eigenvalue weighted by atomic mass is 9.81. The van der Waals surface area contributed by atoms with E-state index < -0.39 is 0 Å². The van der Waals surface area contributed by atoms with Gasteiger partial charge < -0.3 is 4.90 Å². The Morgan fingerprint density at radius 2 is 1.55 bits per heavy atom. The van der Waals surface area contributed by atoms with Gasteiger partial charge >= 0.3 is 0 Å². The van der Waals surface area contributed by atoms with Gasteiger partial charge in [0.25, 0.3) is 0 Å². The van der Waals surface area contributed by atoms with E-state index in [9.17, 15) is 0 Å². The number of aromatic nitrogens is 1. The van der Waals surface area contributed by atoms with Gasteiger partial charge in [0.2, 0.25) is 0 Å². The zero-order valence-corrected chi connectivity index (χ0v) is 25.4. The second kappa shape index (κ2) is 12.1. The summed E-state index contributed by atoms with van der Waals surface area (Å²) in [5.74, 6) is 1.73. The van der Waals surface area contributed by atoms with Crippen molar-refractivity contribution in [2.24, 2.45) is 0 Å². The SMILES string of the molecule is C=C1N(CC)c2cc(C)ccc2-c2c(C3CCCCC3)c3ccc(C(C)(C)C)cc3n21.CCCCCCC. The second-order valence-corrected chi connectivity index (χ2v) is 12.7. The molecule has 0 amide bonds. The van der Waals surface area contributed by atoms with E-state index in [0.29, 0.717) is 5.92 Å². The molecule has 0 saturated heterocycles. The summed E-state index contributed by atoms with van der Waals surface area (Å²) in [6.45, 7) is 21.4. The first-order valence-electron chi connectivity index (χ1n) is 15.5. The fourth-order valence-corrected chi connectivity index (χ4v) is 6.47. The largest absolute Gasteiger partial charge is 0.328 e. The van der Waals surface area contributed by atoms with E-state index in [1.807, 2.05) is 0 Å². The van der Waals surface area contributed by atoms with Crippen LogP contribution in [0.25, 0.3) is 28.0 Å². The molecule has 2 heteroatoms. The molecule has 1 aliphatic carbocycles. The molecular formula is C36H52N2. The molecule has 206 valence electrons. The third-order valence-corrected chi connectivity index (χ3v) is 8.68. The van der Waals surface area contributed by atoms with Crippen LogP contribution in [0.2, 0.25) is 0 Å². The van der Waals surface area contributed by atoms with E-state index in [-0.39, 0.29) is 5.41 Å². The Kier molecular flexibility index (Phi) is 9.11. The minimum absolute atomic E-state index is 0.124. The molecule has 38 heavy (non-hydrogen) atoms. The molecule has 0 atom stereocenters. The number of rotatable bonds is 6. The van der Waals surface area contributed by atoms with Gasteiger partial charge in [-0.3, -0.25) is 4.57 Å². The van der Waals surface area contributed by atoms with Gasteiger partial charge in [-0.1, -0.05) is 117 Å². The maximum absolute atomic E-state index is 4.63. The van der Waals surface area contributed by atoms with Crippen molar-refractivity contribution in [1.82, 2.24) is 4.57 Å². The molecule has 2 aromatic carbocycles. The summed E-state index contributed by atoms with van der Waals surface area (Å²) >= 11 is 0. The van der Waals surface area contributed by atoms with Crippen LogP contribution in [0.3, 0.4) is 0 Å². The molecule has 1 aromatic heterocycles. The van der Waals surface area contributed by atoms with Gasteiger partial charge in [0.05, 0.1) is 16.9 Å². The molecule has 0 radical (unpaired) electrons. The summed E-state index contributed by atoms with van der Waals surface area (Å²) < 4.78 is 2.48. The van der Waals surface area contributed by atoms with Gasteiger partial charge in [0, 0.05) is 17.5 Å². The first-order valence-corrected chi connectivity index (χ1v) is 15.5. The second-order valence-electron chi connectivity index (χ2n) is 12.7. The summed E-state index contributed by atoms with van der Waals surface area (Å²) in [4.78, 5) is 2.39. The van der Waals surface area contributed by atoms with Crippen molar-refractivity contribution in [1.29, 1.82) is 0 Å². The molecular weight excluding hydrogens is 460 g/mol. The van der Waals surface area contributed by atoms with E-state index in [0.717, 1.165) is 12.4 Å². The summed E-state index contributed by atoms with van der Waals surface area (Å²) in [5, 5.41) is 1.43. The summed E-state index contributed by atoms with van der Waals surface area (Å²) in [5.41, 5.74) is 9.81. The van der Waals surface area contributed by atoms with E-state index in [1.165, 1.54) is 103 Å². The van der Waals surface area contributed by atoms with Gasteiger partial charge in [-0.25, -0.2) is 0 Å². The maximum Gasteiger partial charge on any atom is 0.110 e. The highest BCUT2D eigenvalue weighted by atomic mass is 15.3. The quantitative estimate of drug-likeness (QED) is 0.298. The Labute approximate surface area is 233 Å². The third kappa shape index (κ3) is 5.61. The predicted octanol–water partition coefficient (Wildman–Crippen LogP) is 11.2. The third-order valence-electron chi connectivity index (χ3n) is 8.68. The lowest BCUT2D eigenvalue weighted by Gasteiger charge is -2.35. The average molecular weight is 513 g/mol. The van der Waals surface area contributed by atoms with Crippen LogP contribution in [-0.2, 0) is 5.41 Å². The first-order chi connectivity index (χ1) is 18.2. The summed E-state index contributed by atoms with van der Waals surface area (Å²) in [6, 6.07) is 14.2. The Morgan fingerprint density at radius 3 is 2.16 bits per heavy atom. The minimum Gasteiger partial charge on any atom is -0.328 e. The Balaban J connectivity index is 0.000000426. The van der Waals surface area contributed by atoms with Crippen molar-refractivity contribution in [3.05, 3.63) is 59.7 Å². The van der Waals surface area contributed by atoms with Gasteiger partial charge in [-0.05, 0) is 66.8 Å². The average Bonchev–Trinajstić information content (AvgIpc) is 3.24. The van der Waals surface area contributed by atoms with Crippen LogP contribution >= 0.6 is 0 Å². The first kappa shape index (κ1) is 28.5. The fourth-order valence-electron chi connectivity index (χ4n) is 6.47. The lowest BCUT2D eigenvalue weighted by molar-refractivity contribution is 0.446. The molecule has 0 spiro atoms. The smallest absolute Gasteiger partial charge is 0.110 e. The Morgan fingerprint density at radius 1 is 0.868 bits per heavy atom. The summed E-state index contributed by atoms with van der Waals surface area (Å²) in [6.07, 6.45) is 13.7. The number of aryl methyl sites for hydroxylation is 1. The topological polar surface area (TPSA) is 8.17 Å². The van der Waals surface area contributed by atoms with Crippen molar-refractivity contribution in [3.63, 3.8) is 0 Å². The van der Waals surface area contributed by atoms with E-state index in [4.69, 9.17) is 0 Å². The van der Waals surface area contributed by atoms with Crippen molar-refractivity contribution >= 4 is 22.4 Å². The fraction of sp³-hybridized carbons (Fsp3) is 0.556. The molecule has 1 fully saturated rings. The number of hydrogen-bond acceptors (Lipinski definition) is 1. The molecule has 2 heterocycles.